The van der Waals surface area contributed by atoms with Gasteiger partial charge in [0.25, 0.3) is 11.5 Å². The van der Waals surface area contributed by atoms with E-state index in [9.17, 15) is 19.2 Å². The minimum absolute atomic E-state index is 0.0727. The van der Waals surface area contributed by atoms with Crippen LogP contribution in [-0.4, -0.2) is 28.5 Å². The Hall–Kier alpha value is -4.34. The molecule has 0 spiro atoms. The van der Waals surface area contributed by atoms with Gasteiger partial charge in [-0.3, -0.25) is 24.0 Å². The summed E-state index contributed by atoms with van der Waals surface area (Å²) in [4.78, 5) is 53.2. The second-order valence-electron chi connectivity index (χ2n) is 7.45. The zero-order valence-corrected chi connectivity index (χ0v) is 18.9. The molecule has 3 rings (SSSR count). The molecule has 0 unspecified atom stereocenters. The van der Waals surface area contributed by atoms with E-state index < -0.39 is 23.1 Å². The minimum Gasteiger partial charge on any atom is -0.467 e. The molecule has 0 atom stereocenters. The first-order chi connectivity index (χ1) is 16.3. The van der Waals surface area contributed by atoms with Gasteiger partial charge in [0.05, 0.1) is 25.5 Å². The van der Waals surface area contributed by atoms with Gasteiger partial charge in [0.2, 0.25) is 0 Å². The number of H-pyrrole nitrogens is 1. The van der Waals surface area contributed by atoms with Crippen molar-refractivity contribution in [1.29, 1.82) is 0 Å². The molecule has 2 aromatic heterocycles. The molecule has 0 aliphatic rings. The number of aromatic nitrogens is 2. The predicted molar refractivity (Wildman–Crippen MR) is 127 cm³/mol. The number of nitrogen functional groups attached to an aromatic ring is 1. The third-order valence-corrected chi connectivity index (χ3v) is 5.13. The monoisotopic (exact) mass is 466 g/mol. The number of benzene rings is 1. The Labute approximate surface area is 195 Å². The molecule has 2 heterocycles. The molecule has 3 N–H and O–H groups in total. The molecule has 0 saturated carbocycles. The average Bonchev–Trinajstić information content (AvgIpc) is 3.34. The van der Waals surface area contributed by atoms with E-state index in [0.29, 0.717) is 29.9 Å². The van der Waals surface area contributed by atoms with Crippen molar-refractivity contribution in [2.24, 2.45) is 0 Å². The number of furan rings is 1. The number of hydrogen-bond acceptors (Lipinski definition) is 7. The summed E-state index contributed by atoms with van der Waals surface area (Å²) in [5.74, 6) is -0.692. The van der Waals surface area contributed by atoms with Gasteiger partial charge in [-0.25, -0.2) is 9.59 Å². The van der Waals surface area contributed by atoms with Crippen molar-refractivity contribution in [3.05, 3.63) is 86.5 Å². The maximum absolute atomic E-state index is 13.2. The number of nitrogens with one attached hydrogen (secondary N) is 1. The van der Waals surface area contributed by atoms with Gasteiger partial charge in [-0.05, 0) is 42.3 Å². The molecule has 10 heteroatoms. The number of methoxy groups -OCH3 is 1. The van der Waals surface area contributed by atoms with Crippen molar-refractivity contribution in [1.82, 2.24) is 9.55 Å². The van der Waals surface area contributed by atoms with Crippen molar-refractivity contribution < 1.29 is 18.7 Å². The molecule has 3 aromatic rings. The summed E-state index contributed by atoms with van der Waals surface area (Å²) in [7, 11) is 1.29. The molecular weight excluding hydrogens is 440 g/mol. The van der Waals surface area contributed by atoms with Gasteiger partial charge in [-0.1, -0.05) is 25.5 Å². The Balaban J connectivity index is 1.98. The first-order valence-electron chi connectivity index (χ1n) is 10.7. The minimum atomic E-state index is -0.772. The molecular formula is C24H26N4O6. The third kappa shape index (κ3) is 5.52. The Kier molecular flexibility index (Phi) is 7.86. The lowest BCUT2D eigenvalue weighted by molar-refractivity contribution is -0.114. The summed E-state index contributed by atoms with van der Waals surface area (Å²) < 4.78 is 11.3. The van der Waals surface area contributed by atoms with Crippen molar-refractivity contribution in [3.8, 4) is 0 Å². The second-order valence-corrected chi connectivity index (χ2v) is 7.45. The zero-order valence-electron chi connectivity index (χ0n) is 18.9. The smallest absolute Gasteiger partial charge is 0.337 e. The Morgan fingerprint density at radius 2 is 1.94 bits per heavy atom. The number of rotatable bonds is 9. The Morgan fingerprint density at radius 3 is 2.56 bits per heavy atom. The van der Waals surface area contributed by atoms with Gasteiger partial charge in [0, 0.05) is 12.6 Å². The standard InChI is InChI=1S/C24H26N4O6/c1-3-4-13-27-21(25)20(22(30)26-24(27)32)28(15-18-6-5-14-34-18)19(29)12-9-16-7-10-17(11-8-16)23(31)33-2/h5-12,14H,3-4,13,15,25H2,1-2H3,(H,26,30,32)/b12-9+. The summed E-state index contributed by atoms with van der Waals surface area (Å²) in [5.41, 5.74) is 5.69. The number of esters is 1. The van der Waals surface area contributed by atoms with E-state index in [0.717, 1.165) is 11.3 Å². The first-order valence-corrected chi connectivity index (χ1v) is 10.7. The number of carbonyl (C=O) groups excluding carboxylic acids is 2. The fourth-order valence-corrected chi connectivity index (χ4v) is 3.31. The molecule has 0 saturated heterocycles. The van der Waals surface area contributed by atoms with Crippen LogP contribution in [0, 0.1) is 0 Å². The van der Waals surface area contributed by atoms with Crippen molar-refractivity contribution in [3.63, 3.8) is 0 Å². The molecule has 1 amide bonds. The fraction of sp³-hybridized carbons (Fsp3) is 0.250. The summed E-state index contributed by atoms with van der Waals surface area (Å²) >= 11 is 0. The Bertz CT molecular complexity index is 1290. The second kappa shape index (κ2) is 11.0. The van der Waals surface area contributed by atoms with Gasteiger partial charge < -0.3 is 14.9 Å². The molecule has 0 radical (unpaired) electrons. The molecule has 0 bridgehead atoms. The average molecular weight is 466 g/mol. The number of nitrogens with zero attached hydrogens (tertiary/aromatic N) is 2. The van der Waals surface area contributed by atoms with Crippen LogP contribution in [0.3, 0.4) is 0 Å². The van der Waals surface area contributed by atoms with E-state index in [1.54, 1.807) is 36.4 Å². The van der Waals surface area contributed by atoms with E-state index in [4.69, 9.17) is 10.2 Å². The van der Waals surface area contributed by atoms with Crippen LogP contribution in [0.5, 0.6) is 0 Å². The summed E-state index contributed by atoms with van der Waals surface area (Å²) in [6, 6.07) is 9.77. The van der Waals surface area contributed by atoms with Crippen LogP contribution in [0.2, 0.25) is 0 Å². The number of hydrogen-bond donors (Lipinski definition) is 2. The van der Waals surface area contributed by atoms with E-state index in [2.05, 4.69) is 9.72 Å². The molecule has 0 aliphatic heterocycles. The zero-order chi connectivity index (χ0) is 24.7. The van der Waals surface area contributed by atoms with Crippen molar-refractivity contribution >= 4 is 29.5 Å². The SMILES string of the molecule is CCCCn1c(N)c(N(Cc2ccco2)C(=O)/C=C/c2ccc(C(=O)OC)cc2)c(=O)[nH]c1=O. The fourth-order valence-electron chi connectivity index (χ4n) is 3.31. The summed E-state index contributed by atoms with van der Waals surface area (Å²) in [6.07, 6.45) is 5.75. The van der Waals surface area contributed by atoms with Crippen molar-refractivity contribution in [2.75, 3.05) is 17.7 Å². The summed E-state index contributed by atoms with van der Waals surface area (Å²) in [5, 5.41) is 0. The van der Waals surface area contributed by atoms with Crippen LogP contribution in [0.4, 0.5) is 11.5 Å². The lowest BCUT2D eigenvalue weighted by atomic mass is 10.1. The van der Waals surface area contributed by atoms with Crippen LogP contribution >= 0.6 is 0 Å². The van der Waals surface area contributed by atoms with Crippen LogP contribution in [0.15, 0.2) is 62.7 Å². The van der Waals surface area contributed by atoms with E-state index in [1.807, 2.05) is 6.92 Å². The molecule has 34 heavy (non-hydrogen) atoms. The number of aromatic amines is 1. The lowest BCUT2D eigenvalue weighted by Crippen LogP contribution is -2.40. The maximum Gasteiger partial charge on any atom is 0.337 e. The summed E-state index contributed by atoms with van der Waals surface area (Å²) in [6.45, 7) is 2.19. The number of amides is 1. The highest BCUT2D eigenvalue weighted by atomic mass is 16.5. The molecule has 0 aliphatic carbocycles. The van der Waals surface area contributed by atoms with Crippen LogP contribution in [0.25, 0.3) is 6.08 Å². The molecule has 1 aromatic carbocycles. The maximum atomic E-state index is 13.2. The highest BCUT2D eigenvalue weighted by Crippen LogP contribution is 2.21. The number of ether oxygens (including phenoxy) is 1. The number of anilines is 2. The predicted octanol–water partition coefficient (Wildman–Crippen LogP) is 2.55. The third-order valence-electron chi connectivity index (χ3n) is 5.13. The number of carbonyl (C=O) groups is 2. The van der Waals surface area contributed by atoms with Gasteiger partial charge in [0.1, 0.15) is 11.6 Å². The van der Waals surface area contributed by atoms with E-state index in [-0.39, 0.29) is 18.1 Å². The van der Waals surface area contributed by atoms with Gasteiger partial charge >= 0.3 is 11.7 Å². The lowest BCUT2D eigenvalue weighted by Gasteiger charge is -2.22. The number of nitrogens with two attached hydrogens (primary N) is 1. The van der Waals surface area contributed by atoms with Gasteiger partial charge in [-0.15, -0.1) is 0 Å². The van der Waals surface area contributed by atoms with E-state index in [1.165, 1.54) is 30.1 Å². The molecule has 178 valence electrons. The molecule has 10 nitrogen and oxygen atoms in total. The highest BCUT2D eigenvalue weighted by Gasteiger charge is 2.24. The topological polar surface area (TPSA) is 141 Å². The Morgan fingerprint density at radius 1 is 1.21 bits per heavy atom. The normalized spacial score (nSPS) is 11.0. The van der Waals surface area contributed by atoms with Crippen LogP contribution in [-0.2, 0) is 22.6 Å². The highest BCUT2D eigenvalue weighted by molar-refractivity contribution is 6.05. The quantitative estimate of drug-likeness (QED) is 0.365. The largest absolute Gasteiger partial charge is 0.467 e. The van der Waals surface area contributed by atoms with E-state index >= 15 is 0 Å². The first kappa shape index (κ1) is 24.3. The van der Waals surface area contributed by atoms with Gasteiger partial charge in [-0.2, -0.15) is 0 Å². The van der Waals surface area contributed by atoms with Crippen LogP contribution < -0.4 is 21.9 Å². The number of unbranched alkanes of at least 4 members (excludes halogenated alkanes) is 1. The molecule has 0 fully saturated rings. The van der Waals surface area contributed by atoms with Crippen molar-refractivity contribution in [2.45, 2.75) is 32.9 Å². The van der Waals surface area contributed by atoms with Gasteiger partial charge in [0.15, 0.2) is 5.69 Å². The van der Waals surface area contributed by atoms with Crippen LogP contribution in [0.1, 0.15) is 41.4 Å².